The third kappa shape index (κ3) is 4.55. The Morgan fingerprint density at radius 2 is 1.68 bits per heavy atom. The maximum Gasteiger partial charge on any atom is 0.339 e. The lowest BCUT2D eigenvalue weighted by molar-refractivity contribution is -0.124. The van der Waals surface area contributed by atoms with Crippen molar-refractivity contribution in [2.45, 2.75) is 6.54 Å². The van der Waals surface area contributed by atoms with E-state index in [1.165, 1.54) is 0 Å². The molecule has 3 aromatic rings. The molecular formula is C20H17NO3S. The lowest BCUT2D eigenvalue weighted by Gasteiger charge is -2.10. The first-order valence-corrected chi connectivity index (χ1v) is 8.72. The second kappa shape index (κ2) is 8.26. The normalized spacial score (nSPS) is 10.2. The summed E-state index contributed by atoms with van der Waals surface area (Å²) in [6.07, 6.45) is 0. The zero-order valence-electron chi connectivity index (χ0n) is 13.5. The summed E-state index contributed by atoms with van der Waals surface area (Å²) in [6.45, 7) is 0.141. The number of carbonyl (C=O) groups is 2. The zero-order valence-corrected chi connectivity index (χ0v) is 14.3. The predicted octanol–water partition coefficient (Wildman–Crippen LogP) is 3.89. The summed E-state index contributed by atoms with van der Waals surface area (Å²) in [7, 11) is 0. The van der Waals surface area contributed by atoms with Gasteiger partial charge in [0.15, 0.2) is 6.61 Å². The fraction of sp³-hybridized carbons (Fsp3) is 0.100. The number of thiophene rings is 1. The third-order valence-corrected chi connectivity index (χ3v) is 4.48. The van der Waals surface area contributed by atoms with Gasteiger partial charge in [-0.05, 0) is 28.6 Å². The molecule has 126 valence electrons. The second-order valence-corrected chi connectivity index (χ2v) is 6.38. The zero-order chi connectivity index (χ0) is 17.5. The van der Waals surface area contributed by atoms with Gasteiger partial charge in [-0.1, -0.05) is 54.6 Å². The van der Waals surface area contributed by atoms with Gasteiger partial charge < -0.3 is 10.1 Å². The van der Waals surface area contributed by atoms with Crippen LogP contribution in [-0.4, -0.2) is 18.5 Å². The van der Waals surface area contributed by atoms with Crippen LogP contribution in [0.1, 0.15) is 15.2 Å². The van der Waals surface area contributed by atoms with E-state index in [4.69, 9.17) is 4.74 Å². The summed E-state index contributed by atoms with van der Waals surface area (Å²) >= 11 is 1.56. The Labute approximate surface area is 150 Å². The molecule has 1 heterocycles. The fourth-order valence-electron chi connectivity index (χ4n) is 2.39. The molecule has 0 atom stereocenters. The molecular weight excluding hydrogens is 334 g/mol. The Morgan fingerprint density at radius 1 is 0.920 bits per heavy atom. The van der Waals surface area contributed by atoms with Crippen molar-refractivity contribution in [3.8, 4) is 11.1 Å². The quantitative estimate of drug-likeness (QED) is 0.686. The molecule has 1 amide bonds. The monoisotopic (exact) mass is 351 g/mol. The first kappa shape index (κ1) is 16.9. The van der Waals surface area contributed by atoms with Gasteiger partial charge in [-0.25, -0.2) is 4.79 Å². The van der Waals surface area contributed by atoms with Crippen LogP contribution in [0.15, 0.2) is 72.1 Å². The number of benzene rings is 2. The van der Waals surface area contributed by atoms with Crippen LogP contribution < -0.4 is 5.32 Å². The molecule has 0 spiro atoms. The lowest BCUT2D eigenvalue weighted by Crippen LogP contribution is -2.28. The summed E-state index contributed by atoms with van der Waals surface area (Å²) in [4.78, 5) is 25.3. The summed E-state index contributed by atoms with van der Waals surface area (Å²) in [5.74, 6) is -0.829. The average molecular weight is 351 g/mol. The minimum Gasteiger partial charge on any atom is -0.452 e. The molecule has 25 heavy (non-hydrogen) atoms. The van der Waals surface area contributed by atoms with Crippen molar-refractivity contribution in [1.29, 1.82) is 0 Å². The van der Waals surface area contributed by atoms with Gasteiger partial charge in [-0.2, -0.15) is 0 Å². The van der Waals surface area contributed by atoms with Crippen LogP contribution >= 0.6 is 11.3 Å². The minimum absolute atomic E-state index is 0.298. The predicted molar refractivity (Wildman–Crippen MR) is 98.3 cm³/mol. The van der Waals surface area contributed by atoms with Gasteiger partial charge in [0.05, 0.1) is 12.1 Å². The highest BCUT2D eigenvalue weighted by Crippen LogP contribution is 2.23. The van der Waals surface area contributed by atoms with E-state index in [1.54, 1.807) is 23.5 Å². The van der Waals surface area contributed by atoms with Crippen molar-refractivity contribution in [3.63, 3.8) is 0 Å². The van der Waals surface area contributed by atoms with Crippen molar-refractivity contribution in [1.82, 2.24) is 5.32 Å². The number of ether oxygens (including phenoxy) is 1. The number of hydrogen-bond donors (Lipinski definition) is 1. The van der Waals surface area contributed by atoms with E-state index < -0.39 is 5.97 Å². The first-order chi connectivity index (χ1) is 12.2. The van der Waals surface area contributed by atoms with E-state index in [1.807, 2.05) is 60.0 Å². The Kier molecular flexibility index (Phi) is 5.59. The molecule has 3 rings (SSSR count). The van der Waals surface area contributed by atoms with Crippen LogP contribution in [-0.2, 0) is 16.1 Å². The van der Waals surface area contributed by atoms with Crippen LogP contribution in [0.25, 0.3) is 11.1 Å². The molecule has 0 aliphatic carbocycles. The Bertz CT molecular complexity index is 844. The molecule has 0 saturated carbocycles. The number of hydrogen-bond acceptors (Lipinski definition) is 4. The van der Waals surface area contributed by atoms with Gasteiger partial charge >= 0.3 is 5.97 Å². The number of amides is 1. The number of rotatable bonds is 6. The Morgan fingerprint density at radius 3 is 2.44 bits per heavy atom. The smallest absolute Gasteiger partial charge is 0.339 e. The summed E-state index contributed by atoms with van der Waals surface area (Å²) < 4.78 is 5.17. The van der Waals surface area contributed by atoms with Crippen LogP contribution in [0.3, 0.4) is 0 Å². The van der Waals surface area contributed by atoms with Crippen molar-refractivity contribution in [2.24, 2.45) is 0 Å². The molecule has 0 aliphatic heterocycles. The minimum atomic E-state index is -0.509. The van der Waals surface area contributed by atoms with Gasteiger partial charge in [0.1, 0.15) is 0 Å². The summed E-state index contributed by atoms with van der Waals surface area (Å²) in [6, 6.07) is 20.7. The molecule has 4 nitrogen and oxygen atoms in total. The molecule has 0 bridgehead atoms. The standard InChI is InChI=1S/C20H17NO3S/c22-19(21-13-16-9-6-12-25-16)14-24-20(23)18-11-5-4-10-17(18)15-7-2-1-3-8-15/h1-12H,13-14H2,(H,21,22). The Hall–Kier alpha value is -2.92. The number of nitrogens with one attached hydrogen (secondary N) is 1. The molecule has 0 saturated heterocycles. The molecule has 0 fully saturated rings. The van der Waals surface area contributed by atoms with Crippen LogP contribution in [0, 0.1) is 0 Å². The molecule has 1 aromatic heterocycles. The van der Waals surface area contributed by atoms with E-state index >= 15 is 0 Å². The maximum atomic E-state index is 12.4. The van der Waals surface area contributed by atoms with Gasteiger partial charge in [0.2, 0.25) is 0 Å². The van der Waals surface area contributed by atoms with Crippen molar-refractivity contribution >= 4 is 23.2 Å². The number of esters is 1. The molecule has 0 unspecified atom stereocenters. The average Bonchev–Trinajstić information content (AvgIpc) is 3.19. The topological polar surface area (TPSA) is 55.4 Å². The van der Waals surface area contributed by atoms with Crippen molar-refractivity contribution in [2.75, 3.05) is 6.61 Å². The van der Waals surface area contributed by atoms with E-state index in [2.05, 4.69) is 5.32 Å². The largest absolute Gasteiger partial charge is 0.452 e. The maximum absolute atomic E-state index is 12.4. The highest BCUT2D eigenvalue weighted by Gasteiger charge is 2.15. The number of carbonyl (C=O) groups excluding carboxylic acids is 2. The van der Waals surface area contributed by atoms with Gasteiger partial charge in [0.25, 0.3) is 5.91 Å². The Balaban J connectivity index is 1.61. The van der Waals surface area contributed by atoms with E-state index in [9.17, 15) is 9.59 Å². The van der Waals surface area contributed by atoms with E-state index in [0.717, 1.165) is 16.0 Å². The second-order valence-electron chi connectivity index (χ2n) is 5.34. The molecule has 2 aromatic carbocycles. The van der Waals surface area contributed by atoms with Crippen LogP contribution in [0.2, 0.25) is 0 Å². The van der Waals surface area contributed by atoms with Gasteiger partial charge in [0, 0.05) is 4.88 Å². The SMILES string of the molecule is O=C(COC(=O)c1ccccc1-c1ccccc1)NCc1cccs1. The van der Waals surface area contributed by atoms with E-state index in [-0.39, 0.29) is 12.5 Å². The molecule has 1 N–H and O–H groups in total. The summed E-state index contributed by atoms with van der Waals surface area (Å²) in [5, 5.41) is 4.68. The molecule has 0 radical (unpaired) electrons. The van der Waals surface area contributed by atoms with E-state index in [0.29, 0.717) is 12.1 Å². The van der Waals surface area contributed by atoms with Crippen molar-refractivity contribution in [3.05, 3.63) is 82.6 Å². The molecule has 5 heteroatoms. The highest BCUT2D eigenvalue weighted by atomic mass is 32.1. The van der Waals surface area contributed by atoms with Gasteiger partial charge in [-0.3, -0.25) is 4.79 Å². The third-order valence-electron chi connectivity index (χ3n) is 3.61. The highest BCUT2D eigenvalue weighted by molar-refractivity contribution is 7.09. The van der Waals surface area contributed by atoms with Crippen molar-refractivity contribution < 1.29 is 14.3 Å². The first-order valence-electron chi connectivity index (χ1n) is 7.84. The lowest BCUT2D eigenvalue weighted by atomic mass is 10.00. The van der Waals surface area contributed by atoms with Gasteiger partial charge in [-0.15, -0.1) is 11.3 Å². The molecule has 0 aliphatic rings. The fourth-order valence-corrected chi connectivity index (χ4v) is 3.03. The van der Waals surface area contributed by atoms with Crippen LogP contribution in [0.5, 0.6) is 0 Å². The van der Waals surface area contributed by atoms with Crippen LogP contribution in [0.4, 0.5) is 0 Å². The summed E-state index contributed by atoms with van der Waals surface area (Å²) in [5.41, 5.74) is 2.16.